The van der Waals surface area contributed by atoms with Gasteiger partial charge in [-0.3, -0.25) is 14.4 Å². The van der Waals surface area contributed by atoms with Crippen LogP contribution in [0.5, 0.6) is 0 Å². The molecule has 1 rings (SSSR count). The summed E-state index contributed by atoms with van der Waals surface area (Å²) in [5, 5.41) is 4.35. The van der Waals surface area contributed by atoms with Crippen LogP contribution in [0.4, 0.5) is 11.4 Å². The maximum atomic E-state index is 11.8. The average molecular weight is 336 g/mol. The van der Waals surface area contributed by atoms with Crippen LogP contribution in [0.1, 0.15) is 13.8 Å². The van der Waals surface area contributed by atoms with Crippen LogP contribution in [0.25, 0.3) is 0 Å². The van der Waals surface area contributed by atoms with Crippen LogP contribution in [0.15, 0.2) is 29.1 Å². The molecule has 0 saturated carbocycles. The second kappa shape index (κ2) is 9.03. The van der Waals surface area contributed by atoms with E-state index in [1.54, 1.807) is 6.92 Å². The van der Waals surface area contributed by atoms with Crippen LogP contribution >= 0.6 is 0 Å². The first-order valence-electron chi connectivity index (χ1n) is 6.99. The Morgan fingerprint density at radius 1 is 0.833 bits per heavy atom. The van der Waals surface area contributed by atoms with Gasteiger partial charge in [-0.1, -0.05) is 0 Å². The fraction of sp³-hybridized carbons (Fsp3) is 0.267. The summed E-state index contributed by atoms with van der Waals surface area (Å²) in [5.41, 5.74) is -0.671. The van der Waals surface area contributed by atoms with Gasteiger partial charge >= 0.3 is 23.8 Å². The molecule has 0 fully saturated rings. The number of ether oxygens (including phenoxy) is 2. The van der Waals surface area contributed by atoms with Gasteiger partial charge < -0.3 is 20.1 Å². The molecule has 1 aromatic rings. The molecular formula is C15H16N2O7. The van der Waals surface area contributed by atoms with E-state index in [1.807, 2.05) is 0 Å². The zero-order valence-corrected chi connectivity index (χ0v) is 13.1. The lowest BCUT2D eigenvalue weighted by atomic mass is 10.4. The molecule has 0 aliphatic rings. The van der Waals surface area contributed by atoms with E-state index < -0.39 is 29.2 Å². The van der Waals surface area contributed by atoms with Crippen molar-refractivity contribution in [3.63, 3.8) is 0 Å². The van der Waals surface area contributed by atoms with Crippen LogP contribution in [0.2, 0.25) is 0 Å². The maximum Gasteiger partial charge on any atom is 0.397 e. The molecule has 0 aliphatic carbocycles. The standard InChI is InChI=1S/C15H16N2O7/c1-3-23-14(21)12(19)16-9-5-7-10(11(18)8-6-9)17-13(20)15(22)24-4-2/h5-8H,3-4H2,1-2H3,(H,16,19)(H,17,18,20). The van der Waals surface area contributed by atoms with Crippen LogP contribution in [-0.2, 0) is 28.7 Å². The lowest BCUT2D eigenvalue weighted by Crippen LogP contribution is -2.27. The first-order valence-corrected chi connectivity index (χ1v) is 6.99. The van der Waals surface area contributed by atoms with Crippen molar-refractivity contribution >= 4 is 35.1 Å². The van der Waals surface area contributed by atoms with Crippen molar-refractivity contribution in [2.45, 2.75) is 13.8 Å². The van der Waals surface area contributed by atoms with Gasteiger partial charge in [-0.15, -0.1) is 0 Å². The second-order valence-corrected chi connectivity index (χ2v) is 4.25. The Balaban J connectivity index is 2.89. The number of anilines is 2. The number of hydrogen-bond acceptors (Lipinski definition) is 7. The molecule has 9 nitrogen and oxygen atoms in total. The smallest absolute Gasteiger partial charge is 0.397 e. The van der Waals surface area contributed by atoms with Crippen molar-refractivity contribution in [1.82, 2.24) is 0 Å². The Bertz CT molecular complexity index is 715. The molecule has 0 atom stereocenters. The third kappa shape index (κ3) is 5.52. The minimum Gasteiger partial charge on any atom is -0.459 e. The Kier molecular flexibility index (Phi) is 7.08. The number of carbonyl (C=O) groups excluding carboxylic acids is 4. The number of amides is 2. The van der Waals surface area contributed by atoms with E-state index in [1.165, 1.54) is 25.1 Å². The molecule has 9 heteroatoms. The molecule has 0 aromatic heterocycles. The van der Waals surface area contributed by atoms with Gasteiger partial charge in [-0.05, 0) is 38.1 Å². The maximum absolute atomic E-state index is 11.8. The van der Waals surface area contributed by atoms with Gasteiger partial charge in [0.25, 0.3) is 0 Å². The van der Waals surface area contributed by atoms with Gasteiger partial charge in [0, 0.05) is 5.69 Å². The van der Waals surface area contributed by atoms with Gasteiger partial charge in [0.2, 0.25) is 5.43 Å². The number of nitrogens with one attached hydrogen (secondary N) is 2. The minimum atomic E-state index is -1.13. The second-order valence-electron chi connectivity index (χ2n) is 4.25. The fourth-order valence-electron chi connectivity index (χ4n) is 1.50. The van der Waals surface area contributed by atoms with Crippen molar-refractivity contribution in [2.24, 2.45) is 0 Å². The highest BCUT2D eigenvalue weighted by Crippen LogP contribution is 2.07. The van der Waals surface area contributed by atoms with Crippen LogP contribution < -0.4 is 16.1 Å². The summed E-state index contributed by atoms with van der Waals surface area (Å²) in [6, 6.07) is 4.75. The largest absolute Gasteiger partial charge is 0.459 e. The molecule has 0 spiro atoms. The van der Waals surface area contributed by atoms with E-state index in [9.17, 15) is 24.0 Å². The number of carbonyl (C=O) groups is 4. The Morgan fingerprint density at radius 3 is 1.88 bits per heavy atom. The van der Waals surface area contributed by atoms with E-state index in [0.29, 0.717) is 0 Å². The third-order valence-corrected chi connectivity index (χ3v) is 2.54. The predicted octanol–water partition coefficient (Wildman–Crippen LogP) is 0.0500. The van der Waals surface area contributed by atoms with E-state index >= 15 is 0 Å². The van der Waals surface area contributed by atoms with Crippen LogP contribution in [0, 0.1) is 0 Å². The molecule has 0 aliphatic heterocycles. The van der Waals surface area contributed by atoms with E-state index in [0.717, 1.165) is 6.07 Å². The topological polar surface area (TPSA) is 128 Å². The Labute approximate surface area is 136 Å². The Hall–Kier alpha value is -3.23. The SMILES string of the molecule is CCOC(=O)C(=O)Nc1ccc(NC(=O)C(=O)OCC)c(=O)cc1. The summed E-state index contributed by atoms with van der Waals surface area (Å²) < 4.78 is 9.03. The number of hydrogen-bond donors (Lipinski definition) is 2. The Morgan fingerprint density at radius 2 is 1.33 bits per heavy atom. The molecule has 128 valence electrons. The van der Waals surface area contributed by atoms with E-state index in [2.05, 4.69) is 20.1 Å². The van der Waals surface area contributed by atoms with Crippen LogP contribution in [0.3, 0.4) is 0 Å². The molecule has 2 amide bonds. The summed E-state index contributed by atoms with van der Waals surface area (Å²) in [6.45, 7) is 3.15. The molecule has 0 saturated heterocycles. The van der Waals surface area contributed by atoms with Gasteiger partial charge in [0.15, 0.2) is 0 Å². The number of rotatable bonds is 4. The van der Waals surface area contributed by atoms with Crippen molar-refractivity contribution in [3.8, 4) is 0 Å². The van der Waals surface area contributed by atoms with Crippen molar-refractivity contribution < 1.29 is 28.7 Å². The predicted molar refractivity (Wildman–Crippen MR) is 83.2 cm³/mol. The average Bonchev–Trinajstić information content (AvgIpc) is 2.71. The summed E-state index contributed by atoms with van der Waals surface area (Å²) in [4.78, 5) is 57.4. The zero-order chi connectivity index (χ0) is 18.1. The molecule has 0 unspecified atom stereocenters. The number of esters is 2. The normalized spacial score (nSPS) is 9.58. The fourth-order valence-corrected chi connectivity index (χ4v) is 1.50. The third-order valence-electron chi connectivity index (χ3n) is 2.54. The highest BCUT2D eigenvalue weighted by molar-refractivity contribution is 6.37. The molecule has 24 heavy (non-hydrogen) atoms. The quantitative estimate of drug-likeness (QED) is 0.587. The van der Waals surface area contributed by atoms with Crippen molar-refractivity contribution in [1.29, 1.82) is 0 Å². The van der Waals surface area contributed by atoms with Crippen molar-refractivity contribution in [2.75, 3.05) is 23.8 Å². The summed E-state index contributed by atoms with van der Waals surface area (Å²) in [7, 11) is 0. The zero-order valence-electron chi connectivity index (χ0n) is 13.1. The van der Waals surface area contributed by atoms with Gasteiger partial charge in [0.1, 0.15) is 0 Å². The highest BCUT2D eigenvalue weighted by atomic mass is 16.5. The highest BCUT2D eigenvalue weighted by Gasteiger charge is 2.17. The van der Waals surface area contributed by atoms with Gasteiger partial charge in [-0.2, -0.15) is 0 Å². The first-order chi connectivity index (χ1) is 11.4. The molecule has 0 bridgehead atoms. The lowest BCUT2D eigenvalue weighted by molar-refractivity contribution is -0.152. The van der Waals surface area contributed by atoms with Gasteiger partial charge in [0.05, 0.1) is 18.9 Å². The van der Waals surface area contributed by atoms with Gasteiger partial charge in [-0.25, -0.2) is 9.59 Å². The molecular weight excluding hydrogens is 320 g/mol. The summed E-state index contributed by atoms with van der Waals surface area (Å²) in [5.74, 6) is -4.30. The molecule has 0 radical (unpaired) electrons. The molecule has 1 aromatic carbocycles. The first kappa shape index (κ1) is 18.8. The van der Waals surface area contributed by atoms with Crippen molar-refractivity contribution in [3.05, 3.63) is 34.5 Å². The molecule has 0 heterocycles. The monoisotopic (exact) mass is 336 g/mol. The summed E-state index contributed by atoms with van der Waals surface area (Å²) in [6.07, 6.45) is 0. The minimum absolute atomic E-state index is 0.0170. The van der Waals surface area contributed by atoms with E-state index in [-0.39, 0.29) is 24.6 Å². The summed E-state index contributed by atoms with van der Waals surface area (Å²) >= 11 is 0. The lowest BCUT2D eigenvalue weighted by Gasteiger charge is -2.02. The molecule has 2 N–H and O–H groups in total. The van der Waals surface area contributed by atoms with Crippen LogP contribution in [-0.4, -0.2) is 37.0 Å². The van der Waals surface area contributed by atoms with E-state index in [4.69, 9.17) is 0 Å².